The third-order valence-corrected chi connectivity index (χ3v) is 9.41. The Morgan fingerprint density at radius 1 is 0.400 bits per heavy atom. The van der Waals surface area contributed by atoms with E-state index >= 15 is 0 Å². The monoisotopic (exact) mass is 878 g/mol. The van der Waals surface area contributed by atoms with Gasteiger partial charge in [-0.05, 0) is 71.3 Å². The van der Waals surface area contributed by atoms with Gasteiger partial charge >= 0.3 is 106 Å². The van der Waals surface area contributed by atoms with E-state index in [2.05, 4.69) is 15.5 Å². The van der Waals surface area contributed by atoms with E-state index in [-0.39, 0.29) is 140 Å². The number of hydrogen-bond donors (Lipinski definition) is 0. The maximum Gasteiger partial charge on any atom is 3.00 e. The van der Waals surface area contributed by atoms with E-state index in [0.717, 1.165) is 54.6 Å². The fraction of sp³-hybridized carbons (Fsp3) is 0. The van der Waals surface area contributed by atoms with Crippen molar-refractivity contribution in [1.29, 1.82) is 0 Å². The number of hydrogen-bond acceptors (Lipinski definition) is 18. The zero-order valence-electron chi connectivity index (χ0n) is 28.2. The summed E-state index contributed by atoms with van der Waals surface area (Å²) in [6.45, 7) is 0. The summed E-state index contributed by atoms with van der Waals surface area (Å²) < 4.78 is 97.2. The maximum absolute atomic E-state index is 11.3. The van der Waals surface area contributed by atoms with Crippen LogP contribution in [-0.2, 0) is 61.8 Å². The summed E-state index contributed by atoms with van der Waals surface area (Å²) in [5, 5.41) is 39.3. The average molecular weight is 878 g/mol. The zero-order chi connectivity index (χ0) is 37.9. The van der Waals surface area contributed by atoms with Crippen LogP contribution in [0, 0.1) is 15.6 Å². The van der Waals surface area contributed by atoms with E-state index < -0.39 is 62.4 Å². The zero-order valence-corrected chi connectivity index (χ0v) is 37.8. The Kier molecular flexibility index (Phi) is 20.4. The van der Waals surface area contributed by atoms with Crippen molar-refractivity contribution in [3.8, 4) is 0 Å². The number of carbonyl (C=O) groups is 3. The SMILES string of the molecule is O=C1C=Cc2cc(S(=O)(=O)[O-])ccc2/C1=N/[O-].O=C1C=Cc2cc(S(=O)(=O)[O-])ccc2/C1=N/[O-].O=C1C=Cc2cc(S(=O)(=O)[O-])ccc2/C1=N/[O-].[Fe+3].[Na+].[Na+].[Na+]. The van der Waals surface area contributed by atoms with Gasteiger partial charge in [-0.1, -0.05) is 36.4 Å². The molecule has 55 heavy (non-hydrogen) atoms. The van der Waals surface area contributed by atoms with Crippen molar-refractivity contribution in [2.45, 2.75) is 14.7 Å². The van der Waals surface area contributed by atoms with Crippen LogP contribution in [0.2, 0.25) is 0 Å². The second kappa shape index (κ2) is 21.3. The Labute approximate surface area is 389 Å². The fourth-order valence-electron chi connectivity index (χ4n) is 4.56. The summed E-state index contributed by atoms with van der Waals surface area (Å²) in [5.74, 6) is -1.65. The Bertz CT molecular complexity index is 2280. The maximum atomic E-state index is 11.3. The molecule has 0 fully saturated rings. The molecule has 3 aromatic carbocycles. The van der Waals surface area contributed by atoms with Crippen LogP contribution in [-0.4, -0.2) is 73.4 Å². The van der Waals surface area contributed by atoms with Gasteiger partial charge in [0.1, 0.15) is 47.5 Å². The van der Waals surface area contributed by atoms with Crippen LogP contribution in [0.15, 0.2) is 103 Å². The number of fused-ring (bicyclic) bond motifs is 3. The van der Waals surface area contributed by atoms with Gasteiger partial charge in [0.05, 0.1) is 14.7 Å². The van der Waals surface area contributed by atoms with Gasteiger partial charge in [-0.2, -0.15) is 0 Å². The molecule has 3 aliphatic rings. The molecule has 6 rings (SSSR count). The Morgan fingerprint density at radius 2 is 0.618 bits per heavy atom. The van der Waals surface area contributed by atoms with Crippen LogP contribution in [0.4, 0.5) is 0 Å². The van der Waals surface area contributed by atoms with Gasteiger partial charge in [0.15, 0.2) is 0 Å². The molecule has 18 nitrogen and oxygen atoms in total. The predicted octanol–water partition coefficient (Wildman–Crippen LogP) is -7.57. The molecule has 269 valence electrons. The molecule has 0 N–H and O–H groups in total. The normalized spacial score (nSPS) is 16.0. The first-order chi connectivity index (χ1) is 23.8. The van der Waals surface area contributed by atoms with E-state index in [4.69, 9.17) is 0 Å². The minimum absolute atomic E-state index is 0. The van der Waals surface area contributed by atoms with Crippen molar-refractivity contribution in [2.75, 3.05) is 0 Å². The number of ketones is 3. The standard InChI is InChI=1S/3C10H7NO5S.Fe.3Na/c3*12-9-4-1-6-5-7(17(14,15)16)2-3-8(6)10(9)11-13;;;;/h3*1-5,13H,(H,14,15,16);;;;/q;;;+3;3*+1/p-6/b3*11-10-;;;;. The van der Waals surface area contributed by atoms with E-state index in [1.54, 1.807) is 0 Å². The minimum atomic E-state index is -4.56. The summed E-state index contributed by atoms with van der Waals surface area (Å²) in [6.07, 6.45) is 7.30. The van der Waals surface area contributed by atoms with Gasteiger partial charge in [-0.15, -0.1) is 0 Å². The van der Waals surface area contributed by atoms with Gasteiger partial charge in [0, 0.05) is 16.7 Å². The van der Waals surface area contributed by atoms with E-state index in [0.29, 0.717) is 16.7 Å². The molecule has 1 radical (unpaired) electrons. The quantitative estimate of drug-likeness (QED) is 0.134. The van der Waals surface area contributed by atoms with Crippen molar-refractivity contribution in [3.05, 3.63) is 122 Å². The molecule has 0 aromatic heterocycles. The number of nitrogens with zero attached hydrogens (tertiary/aromatic N) is 3. The number of carbonyl (C=O) groups excluding carboxylic acids is 3. The molecule has 0 atom stereocenters. The minimum Gasteiger partial charge on any atom is -0.791 e. The number of rotatable bonds is 3. The van der Waals surface area contributed by atoms with Gasteiger partial charge in [-0.3, -0.25) is 14.4 Å². The van der Waals surface area contributed by atoms with Gasteiger partial charge in [0.2, 0.25) is 17.3 Å². The molecular weight excluding hydrogens is 863 g/mol. The predicted molar refractivity (Wildman–Crippen MR) is 175 cm³/mol. The molecule has 3 aliphatic carbocycles. The van der Waals surface area contributed by atoms with Crippen LogP contribution in [0.25, 0.3) is 18.2 Å². The Balaban J connectivity index is 0.000000767. The molecule has 0 saturated carbocycles. The molecule has 0 saturated heterocycles. The first kappa shape index (κ1) is 52.5. The van der Waals surface area contributed by atoms with Crippen molar-refractivity contribution in [1.82, 2.24) is 0 Å². The molecule has 0 unspecified atom stereocenters. The Morgan fingerprint density at radius 3 is 0.800 bits per heavy atom. The fourth-order valence-corrected chi connectivity index (χ4v) is 6.08. The molecule has 0 amide bonds. The van der Waals surface area contributed by atoms with E-state index in [9.17, 15) is 68.9 Å². The van der Waals surface area contributed by atoms with Crippen LogP contribution in [0.1, 0.15) is 33.4 Å². The topological polar surface area (TPSA) is 329 Å². The van der Waals surface area contributed by atoms with Gasteiger partial charge in [0.25, 0.3) is 0 Å². The Hall–Kier alpha value is -2.45. The van der Waals surface area contributed by atoms with Gasteiger partial charge in [-0.25, -0.2) is 25.3 Å². The molecule has 0 heterocycles. The average Bonchev–Trinajstić information content (AvgIpc) is 3.07. The molecular formula is C30H15FeN3Na3O15S3. The molecule has 25 heteroatoms. The second-order valence-corrected chi connectivity index (χ2v) is 14.2. The van der Waals surface area contributed by atoms with Crippen LogP contribution in [0.5, 0.6) is 0 Å². The molecule has 0 spiro atoms. The summed E-state index contributed by atoms with van der Waals surface area (Å²) in [5.41, 5.74) is 0.690. The summed E-state index contributed by atoms with van der Waals surface area (Å²) >= 11 is 0. The van der Waals surface area contributed by atoms with Gasteiger partial charge < -0.3 is 44.7 Å². The van der Waals surface area contributed by atoms with Crippen molar-refractivity contribution >= 4 is 83.1 Å². The third-order valence-electron chi connectivity index (χ3n) is 6.92. The van der Waals surface area contributed by atoms with Crippen LogP contribution >= 0.6 is 0 Å². The summed E-state index contributed by atoms with van der Waals surface area (Å²) in [6, 6.07) is 10.1. The first-order valence-corrected chi connectivity index (χ1v) is 17.6. The number of allylic oxidation sites excluding steroid dienone is 3. The van der Waals surface area contributed by atoms with Crippen molar-refractivity contribution in [3.63, 3.8) is 0 Å². The van der Waals surface area contributed by atoms with E-state index in [1.807, 2.05) is 0 Å². The summed E-state index contributed by atoms with van der Waals surface area (Å²) in [7, 11) is -13.7. The second-order valence-electron chi connectivity index (χ2n) is 10.0. The molecule has 0 aliphatic heterocycles. The largest absolute Gasteiger partial charge is 3.00 e. The van der Waals surface area contributed by atoms with Crippen molar-refractivity contribution in [2.24, 2.45) is 15.5 Å². The van der Waals surface area contributed by atoms with Crippen LogP contribution < -0.4 is 88.7 Å². The number of benzene rings is 3. The molecule has 3 aromatic rings. The molecule has 0 bridgehead atoms. The summed E-state index contributed by atoms with van der Waals surface area (Å²) in [4.78, 5) is 32.6. The van der Waals surface area contributed by atoms with Crippen LogP contribution in [0.3, 0.4) is 0 Å². The van der Waals surface area contributed by atoms with Crippen molar-refractivity contribution < 1.29 is 159 Å². The first-order valence-electron chi connectivity index (χ1n) is 13.4. The smallest absolute Gasteiger partial charge is 0.791 e. The van der Waals surface area contributed by atoms with E-state index in [1.165, 1.54) is 36.4 Å². The third kappa shape index (κ3) is 12.8.